The number of carbonyl (C=O) groups is 1. The number of hydrogen-bond acceptors (Lipinski definition) is 5. The Hall–Kier alpha value is -3.38. The maximum Gasteiger partial charge on any atom is 0.410 e. The molecule has 3 aromatic rings. The van der Waals surface area contributed by atoms with Gasteiger partial charge in [0.25, 0.3) is 0 Å². The zero-order valence-electron chi connectivity index (χ0n) is 19.0. The van der Waals surface area contributed by atoms with Crippen LogP contribution in [0.3, 0.4) is 0 Å². The summed E-state index contributed by atoms with van der Waals surface area (Å²) in [6.07, 6.45) is 1.57. The molecule has 1 N–H and O–H groups in total. The zero-order valence-corrected chi connectivity index (χ0v) is 19.0. The van der Waals surface area contributed by atoms with E-state index in [0.717, 1.165) is 12.1 Å². The zero-order chi connectivity index (χ0) is 22.8. The van der Waals surface area contributed by atoms with Crippen LogP contribution in [-0.4, -0.2) is 48.3 Å². The molecule has 0 radical (unpaired) electrons. The lowest BCUT2D eigenvalue weighted by Crippen LogP contribution is -2.49. The highest BCUT2D eigenvalue weighted by molar-refractivity contribution is 5.79. The first-order valence-corrected chi connectivity index (χ1v) is 11.6. The van der Waals surface area contributed by atoms with Crippen molar-refractivity contribution < 1.29 is 14.3 Å². The van der Waals surface area contributed by atoms with Gasteiger partial charge >= 0.3 is 6.09 Å². The summed E-state index contributed by atoms with van der Waals surface area (Å²) in [6, 6.07) is 20.5. The molecule has 1 aliphatic heterocycles. The van der Waals surface area contributed by atoms with E-state index < -0.39 is 0 Å². The molecule has 1 aliphatic carbocycles. The lowest BCUT2D eigenvalue weighted by atomic mass is 9.98. The molecule has 6 nitrogen and oxygen atoms in total. The smallest absolute Gasteiger partial charge is 0.410 e. The summed E-state index contributed by atoms with van der Waals surface area (Å²) < 4.78 is 11.6. The van der Waals surface area contributed by atoms with Crippen molar-refractivity contribution in [3.63, 3.8) is 0 Å². The minimum Gasteiger partial charge on any atom is -0.475 e. The van der Waals surface area contributed by atoms with Gasteiger partial charge in [-0.2, -0.15) is 0 Å². The van der Waals surface area contributed by atoms with E-state index in [0.29, 0.717) is 25.6 Å². The summed E-state index contributed by atoms with van der Waals surface area (Å²) in [5.74, 6) is 0.641. The summed E-state index contributed by atoms with van der Waals surface area (Å²) in [4.78, 5) is 19.4. The molecule has 1 fully saturated rings. The van der Waals surface area contributed by atoms with Crippen LogP contribution >= 0.6 is 0 Å². The topological polar surface area (TPSA) is 63.7 Å². The molecule has 1 aromatic heterocycles. The molecule has 1 unspecified atom stereocenters. The van der Waals surface area contributed by atoms with E-state index in [4.69, 9.17) is 9.47 Å². The predicted molar refractivity (Wildman–Crippen MR) is 127 cm³/mol. The number of nitrogens with zero attached hydrogens (tertiary/aromatic N) is 2. The molecular weight excluding hydrogens is 414 g/mol. The molecule has 0 spiro atoms. The Morgan fingerprint density at radius 1 is 1.06 bits per heavy atom. The number of ether oxygens (including phenoxy) is 2. The van der Waals surface area contributed by atoms with Crippen molar-refractivity contribution in [2.75, 3.05) is 26.2 Å². The number of hydrogen-bond donors (Lipinski definition) is 1. The van der Waals surface area contributed by atoms with Crippen molar-refractivity contribution in [1.82, 2.24) is 15.2 Å². The summed E-state index contributed by atoms with van der Waals surface area (Å²) in [6.45, 7) is 6.26. The molecule has 170 valence electrons. The van der Waals surface area contributed by atoms with Gasteiger partial charge in [0.05, 0.1) is 12.1 Å². The second kappa shape index (κ2) is 9.24. The normalized spacial score (nSPS) is 17.5. The van der Waals surface area contributed by atoms with Crippen molar-refractivity contribution in [3.05, 3.63) is 83.6 Å². The predicted octanol–water partition coefficient (Wildman–Crippen LogP) is 4.76. The first kappa shape index (κ1) is 21.5. The third-order valence-electron chi connectivity index (χ3n) is 6.31. The van der Waals surface area contributed by atoms with Gasteiger partial charge in [0.1, 0.15) is 6.61 Å². The van der Waals surface area contributed by atoms with Gasteiger partial charge in [-0.3, -0.25) is 4.90 Å². The Morgan fingerprint density at radius 2 is 1.76 bits per heavy atom. The highest BCUT2D eigenvalue weighted by atomic mass is 16.6. The van der Waals surface area contributed by atoms with E-state index in [9.17, 15) is 4.79 Å². The number of benzene rings is 2. The van der Waals surface area contributed by atoms with Gasteiger partial charge in [-0.1, -0.05) is 48.5 Å². The van der Waals surface area contributed by atoms with Gasteiger partial charge in [-0.25, -0.2) is 9.78 Å². The van der Waals surface area contributed by atoms with E-state index >= 15 is 0 Å². The summed E-state index contributed by atoms with van der Waals surface area (Å²) in [5.41, 5.74) is 5.85. The van der Waals surface area contributed by atoms with E-state index in [2.05, 4.69) is 46.7 Å². The first-order chi connectivity index (χ1) is 16.1. The van der Waals surface area contributed by atoms with Crippen LogP contribution in [-0.2, 0) is 4.74 Å². The lowest BCUT2D eigenvalue weighted by Gasteiger charge is -2.35. The fourth-order valence-electron chi connectivity index (χ4n) is 4.80. The minimum atomic E-state index is -0.286. The second-order valence-corrected chi connectivity index (χ2v) is 8.81. The van der Waals surface area contributed by atoms with E-state index in [1.54, 1.807) is 6.20 Å². The minimum absolute atomic E-state index is 0.0526. The third-order valence-corrected chi connectivity index (χ3v) is 6.31. The third kappa shape index (κ3) is 4.31. The number of fused-ring (bicyclic) bond motifs is 3. The molecular formula is C27H29N3O3. The SMILES string of the molecule is CC(C)Oc1ccc(C2CNCCN2C(=O)OCC2c3ccccc3-c3ccccc32)cn1. The van der Waals surface area contributed by atoms with Crippen LogP contribution in [0.25, 0.3) is 11.1 Å². The highest BCUT2D eigenvalue weighted by Crippen LogP contribution is 2.44. The monoisotopic (exact) mass is 443 g/mol. The number of piperazine rings is 1. The largest absolute Gasteiger partial charge is 0.475 e. The molecule has 0 saturated carbocycles. The quantitative estimate of drug-likeness (QED) is 0.616. The molecule has 1 amide bonds. The number of amides is 1. The van der Waals surface area contributed by atoms with Crippen molar-refractivity contribution in [1.29, 1.82) is 0 Å². The number of nitrogens with one attached hydrogen (secondary N) is 1. The molecule has 2 aliphatic rings. The van der Waals surface area contributed by atoms with Crippen LogP contribution in [0.2, 0.25) is 0 Å². The fourth-order valence-corrected chi connectivity index (χ4v) is 4.80. The van der Waals surface area contributed by atoms with Crippen molar-refractivity contribution in [3.8, 4) is 17.0 Å². The molecule has 1 atom stereocenters. The van der Waals surface area contributed by atoms with E-state index in [-0.39, 0.29) is 24.2 Å². The maximum absolute atomic E-state index is 13.2. The molecule has 5 rings (SSSR count). The Morgan fingerprint density at radius 3 is 2.39 bits per heavy atom. The number of aromatic nitrogens is 1. The van der Waals surface area contributed by atoms with Gasteiger partial charge in [0.15, 0.2) is 0 Å². The summed E-state index contributed by atoms with van der Waals surface area (Å²) in [5, 5.41) is 3.38. The molecule has 1 saturated heterocycles. The van der Waals surface area contributed by atoms with Crippen molar-refractivity contribution in [2.24, 2.45) is 0 Å². The Kier molecular flexibility index (Phi) is 6.01. The lowest BCUT2D eigenvalue weighted by molar-refractivity contribution is 0.0751. The van der Waals surface area contributed by atoms with Crippen LogP contribution < -0.4 is 10.1 Å². The van der Waals surface area contributed by atoms with E-state index in [1.807, 2.05) is 43.0 Å². The number of rotatable bonds is 5. The van der Waals surface area contributed by atoms with Gasteiger partial charge in [-0.05, 0) is 47.7 Å². The number of pyridine rings is 1. The van der Waals surface area contributed by atoms with Gasteiger partial charge < -0.3 is 14.8 Å². The van der Waals surface area contributed by atoms with Crippen LogP contribution in [0.1, 0.15) is 42.5 Å². The standard InChI is InChI=1S/C27H29N3O3/c1-18(2)33-26-12-11-19(15-29-26)25-16-28-13-14-30(25)27(31)32-17-24-22-9-5-3-7-20(22)21-8-4-6-10-23(21)24/h3-12,15,18,24-25,28H,13-14,16-17H2,1-2H3. The van der Waals surface area contributed by atoms with Crippen molar-refractivity contribution in [2.45, 2.75) is 31.9 Å². The Balaban J connectivity index is 1.31. The molecule has 0 bridgehead atoms. The van der Waals surface area contributed by atoms with Crippen LogP contribution in [0, 0.1) is 0 Å². The van der Waals surface area contributed by atoms with Crippen LogP contribution in [0.5, 0.6) is 5.88 Å². The van der Waals surface area contributed by atoms with E-state index in [1.165, 1.54) is 22.3 Å². The molecule has 6 heteroatoms. The highest BCUT2D eigenvalue weighted by Gasteiger charge is 2.32. The van der Waals surface area contributed by atoms with Gasteiger partial charge in [-0.15, -0.1) is 0 Å². The Labute approximate surface area is 194 Å². The van der Waals surface area contributed by atoms with Crippen molar-refractivity contribution >= 4 is 6.09 Å². The second-order valence-electron chi connectivity index (χ2n) is 8.81. The summed E-state index contributed by atoms with van der Waals surface area (Å²) in [7, 11) is 0. The van der Waals surface area contributed by atoms with Gasteiger partial charge in [0, 0.05) is 37.8 Å². The van der Waals surface area contributed by atoms with Gasteiger partial charge in [0.2, 0.25) is 5.88 Å². The molecule has 2 heterocycles. The molecule has 33 heavy (non-hydrogen) atoms. The molecule has 2 aromatic carbocycles. The van der Waals surface area contributed by atoms with Crippen LogP contribution in [0.4, 0.5) is 4.79 Å². The fraction of sp³-hybridized carbons (Fsp3) is 0.333. The average molecular weight is 444 g/mol. The van der Waals surface area contributed by atoms with Crippen LogP contribution in [0.15, 0.2) is 66.9 Å². The summed E-state index contributed by atoms with van der Waals surface area (Å²) >= 11 is 0. The Bertz CT molecular complexity index is 1080. The number of carbonyl (C=O) groups excluding carboxylic acids is 1. The average Bonchev–Trinajstić information content (AvgIpc) is 3.16. The first-order valence-electron chi connectivity index (χ1n) is 11.6. The maximum atomic E-state index is 13.2.